The zero-order chi connectivity index (χ0) is 12.4. The molecule has 1 fully saturated rings. The number of alkyl halides is 3. The fraction of sp³-hybridized carbons (Fsp3) is 1.00. The van der Waals surface area contributed by atoms with Crippen molar-refractivity contribution in [3.63, 3.8) is 0 Å². The van der Waals surface area contributed by atoms with E-state index in [1.54, 1.807) is 4.90 Å². The quantitative estimate of drug-likeness (QED) is 0.754. The lowest BCUT2D eigenvalue weighted by atomic mass is 9.95. The van der Waals surface area contributed by atoms with E-state index in [1.165, 1.54) is 0 Å². The number of rotatable bonds is 1. The van der Waals surface area contributed by atoms with Crippen LogP contribution in [-0.4, -0.2) is 43.3 Å². The Bertz CT molecular complexity index is 220. The standard InChI is InChI=1S/C11H21F3N2/c1-10(2,3)8-16-6-4-5-15-7-9(16)11(12,13)14/h9,15H,4-8H2,1-3H3. The molecule has 0 saturated carbocycles. The van der Waals surface area contributed by atoms with Gasteiger partial charge in [0.2, 0.25) is 0 Å². The van der Waals surface area contributed by atoms with Crippen LogP contribution in [-0.2, 0) is 0 Å². The van der Waals surface area contributed by atoms with E-state index in [0.717, 1.165) is 6.42 Å². The molecule has 1 heterocycles. The molecule has 0 aliphatic carbocycles. The van der Waals surface area contributed by atoms with Gasteiger partial charge in [0.25, 0.3) is 0 Å². The van der Waals surface area contributed by atoms with Crippen molar-refractivity contribution in [2.24, 2.45) is 5.41 Å². The van der Waals surface area contributed by atoms with Crippen LogP contribution >= 0.6 is 0 Å². The summed E-state index contributed by atoms with van der Waals surface area (Å²) in [6.45, 7) is 7.61. The molecule has 0 spiro atoms. The first-order valence-corrected chi connectivity index (χ1v) is 5.72. The summed E-state index contributed by atoms with van der Waals surface area (Å²) in [5.41, 5.74) is -0.103. The first-order valence-electron chi connectivity index (χ1n) is 5.72. The van der Waals surface area contributed by atoms with E-state index in [0.29, 0.717) is 19.6 Å². The second-order valence-corrected chi connectivity index (χ2v) is 5.65. The smallest absolute Gasteiger partial charge is 0.315 e. The third-order valence-corrected chi connectivity index (χ3v) is 2.63. The highest BCUT2D eigenvalue weighted by molar-refractivity contribution is 4.85. The van der Waals surface area contributed by atoms with Crippen molar-refractivity contribution in [1.82, 2.24) is 10.2 Å². The van der Waals surface area contributed by atoms with Gasteiger partial charge >= 0.3 is 6.18 Å². The Labute approximate surface area is 95.2 Å². The Morgan fingerprint density at radius 3 is 2.38 bits per heavy atom. The Morgan fingerprint density at radius 1 is 1.25 bits per heavy atom. The highest BCUT2D eigenvalue weighted by atomic mass is 19.4. The van der Waals surface area contributed by atoms with Crippen molar-refractivity contribution in [3.8, 4) is 0 Å². The maximum atomic E-state index is 12.9. The topological polar surface area (TPSA) is 15.3 Å². The Morgan fingerprint density at radius 2 is 1.88 bits per heavy atom. The molecule has 0 radical (unpaired) electrons. The molecule has 1 saturated heterocycles. The number of hydrogen-bond donors (Lipinski definition) is 1. The van der Waals surface area contributed by atoms with E-state index >= 15 is 0 Å². The highest BCUT2D eigenvalue weighted by Gasteiger charge is 2.44. The van der Waals surface area contributed by atoms with Crippen molar-refractivity contribution in [1.29, 1.82) is 0 Å². The second-order valence-electron chi connectivity index (χ2n) is 5.65. The molecular formula is C11H21F3N2. The molecule has 0 aromatic rings. The molecule has 1 rings (SSSR count). The predicted molar refractivity (Wildman–Crippen MR) is 58.4 cm³/mol. The monoisotopic (exact) mass is 238 g/mol. The van der Waals surface area contributed by atoms with Crippen LogP contribution in [0.2, 0.25) is 0 Å². The van der Waals surface area contributed by atoms with Gasteiger partial charge in [-0.3, -0.25) is 4.90 Å². The number of nitrogens with one attached hydrogen (secondary N) is 1. The van der Waals surface area contributed by atoms with Crippen molar-refractivity contribution in [3.05, 3.63) is 0 Å². The van der Waals surface area contributed by atoms with Gasteiger partial charge in [0.1, 0.15) is 6.04 Å². The molecule has 0 bridgehead atoms. The van der Waals surface area contributed by atoms with Crippen LogP contribution in [0, 0.1) is 5.41 Å². The van der Waals surface area contributed by atoms with Crippen molar-refractivity contribution >= 4 is 0 Å². The first-order chi connectivity index (χ1) is 7.20. The molecule has 1 aliphatic heterocycles. The van der Waals surface area contributed by atoms with Crippen molar-refractivity contribution in [2.75, 3.05) is 26.2 Å². The zero-order valence-corrected chi connectivity index (χ0v) is 10.2. The van der Waals surface area contributed by atoms with Gasteiger partial charge in [0.15, 0.2) is 0 Å². The van der Waals surface area contributed by atoms with E-state index in [4.69, 9.17) is 0 Å². The molecule has 0 amide bonds. The maximum Gasteiger partial charge on any atom is 0.405 e. The highest BCUT2D eigenvalue weighted by Crippen LogP contribution is 2.28. The van der Waals surface area contributed by atoms with Crippen LogP contribution in [0.4, 0.5) is 13.2 Å². The molecule has 1 aliphatic rings. The largest absolute Gasteiger partial charge is 0.405 e. The van der Waals surface area contributed by atoms with Gasteiger partial charge in [-0.1, -0.05) is 20.8 Å². The fourth-order valence-electron chi connectivity index (χ4n) is 2.05. The van der Waals surface area contributed by atoms with Crippen LogP contribution < -0.4 is 5.32 Å². The Kier molecular flexibility index (Phi) is 4.23. The molecule has 0 aromatic heterocycles. The summed E-state index contributed by atoms with van der Waals surface area (Å²) in [5.74, 6) is 0. The van der Waals surface area contributed by atoms with Crippen LogP contribution in [0.15, 0.2) is 0 Å². The van der Waals surface area contributed by atoms with Gasteiger partial charge in [0, 0.05) is 19.6 Å². The third kappa shape index (κ3) is 4.29. The normalized spacial score (nSPS) is 25.5. The minimum atomic E-state index is -4.14. The number of halogens is 3. The first kappa shape index (κ1) is 13.8. The fourth-order valence-corrected chi connectivity index (χ4v) is 2.05. The lowest BCUT2D eigenvalue weighted by molar-refractivity contribution is -0.183. The Balaban J connectivity index is 2.74. The van der Waals surface area contributed by atoms with E-state index in [1.807, 2.05) is 20.8 Å². The molecule has 2 nitrogen and oxygen atoms in total. The zero-order valence-electron chi connectivity index (χ0n) is 10.2. The summed E-state index contributed by atoms with van der Waals surface area (Å²) in [5, 5.41) is 2.86. The molecule has 1 N–H and O–H groups in total. The third-order valence-electron chi connectivity index (χ3n) is 2.63. The molecule has 96 valence electrons. The number of nitrogens with zero attached hydrogens (tertiary/aromatic N) is 1. The summed E-state index contributed by atoms with van der Waals surface area (Å²) >= 11 is 0. The summed E-state index contributed by atoms with van der Waals surface area (Å²) < 4.78 is 38.6. The molecule has 0 aromatic carbocycles. The summed E-state index contributed by atoms with van der Waals surface area (Å²) in [7, 11) is 0. The van der Waals surface area contributed by atoms with Crippen LogP contribution in [0.25, 0.3) is 0 Å². The summed E-state index contributed by atoms with van der Waals surface area (Å²) in [6, 6.07) is -1.34. The van der Waals surface area contributed by atoms with E-state index in [-0.39, 0.29) is 12.0 Å². The van der Waals surface area contributed by atoms with Gasteiger partial charge in [-0.25, -0.2) is 0 Å². The summed E-state index contributed by atoms with van der Waals surface area (Å²) in [4.78, 5) is 1.57. The van der Waals surface area contributed by atoms with Gasteiger partial charge < -0.3 is 5.32 Å². The minimum absolute atomic E-state index is 0.0135. The lowest BCUT2D eigenvalue weighted by Crippen LogP contribution is -2.51. The van der Waals surface area contributed by atoms with Crippen molar-refractivity contribution < 1.29 is 13.2 Å². The van der Waals surface area contributed by atoms with Crippen LogP contribution in [0.1, 0.15) is 27.2 Å². The Hall–Kier alpha value is -0.290. The second kappa shape index (κ2) is 4.92. The van der Waals surface area contributed by atoms with Gasteiger partial charge in [-0.05, 0) is 18.4 Å². The van der Waals surface area contributed by atoms with Crippen LogP contribution in [0.3, 0.4) is 0 Å². The summed E-state index contributed by atoms with van der Waals surface area (Å²) in [6.07, 6.45) is -3.36. The average Bonchev–Trinajstić information content (AvgIpc) is 2.25. The molecule has 1 unspecified atom stereocenters. The van der Waals surface area contributed by atoms with Gasteiger partial charge in [0.05, 0.1) is 0 Å². The maximum absolute atomic E-state index is 12.9. The molecule has 16 heavy (non-hydrogen) atoms. The van der Waals surface area contributed by atoms with E-state index < -0.39 is 12.2 Å². The van der Waals surface area contributed by atoms with E-state index in [9.17, 15) is 13.2 Å². The SMILES string of the molecule is CC(C)(C)CN1CCCNCC1C(F)(F)F. The average molecular weight is 238 g/mol. The molecule has 1 atom stereocenters. The van der Waals surface area contributed by atoms with Gasteiger partial charge in [-0.15, -0.1) is 0 Å². The molecule has 5 heteroatoms. The van der Waals surface area contributed by atoms with Crippen molar-refractivity contribution in [2.45, 2.75) is 39.4 Å². The van der Waals surface area contributed by atoms with Crippen LogP contribution in [0.5, 0.6) is 0 Å². The lowest BCUT2D eigenvalue weighted by Gasteiger charge is -2.35. The number of hydrogen-bond acceptors (Lipinski definition) is 2. The van der Waals surface area contributed by atoms with E-state index in [2.05, 4.69) is 5.32 Å². The minimum Gasteiger partial charge on any atom is -0.315 e. The van der Waals surface area contributed by atoms with Gasteiger partial charge in [-0.2, -0.15) is 13.2 Å². The molecular weight excluding hydrogens is 217 g/mol. The predicted octanol–water partition coefficient (Wildman–Crippen LogP) is 2.26.